The molecule has 4 rings (SSSR count). The number of hydrogen-bond acceptors (Lipinski definition) is 10. The summed E-state index contributed by atoms with van der Waals surface area (Å²) in [5.41, 5.74) is -0.0103. The van der Waals surface area contributed by atoms with E-state index in [-0.39, 0.29) is 29.8 Å². The first-order valence-corrected chi connectivity index (χ1v) is 15.1. The van der Waals surface area contributed by atoms with Gasteiger partial charge < -0.3 is 20.1 Å². The molecule has 1 unspecified atom stereocenters. The van der Waals surface area contributed by atoms with Crippen LogP contribution in [0.15, 0.2) is 46.0 Å². The number of nitrogens with one attached hydrogen (secondary N) is 1. The summed E-state index contributed by atoms with van der Waals surface area (Å²) in [4.78, 5) is 52.0. The molecule has 1 aromatic heterocycles. The van der Waals surface area contributed by atoms with Crippen LogP contribution in [0.3, 0.4) is 0 Å². The van der Waals surface area contributed by atoms with Gasteiger partial charge in [0.25, 0.3) is 0 Å². The number of likely N-dealkylation sites (N-methyl/N-ethyl adjacent to an activating group) is 1. The highest BCUT2D eigenvalue weighted by molar-refractivity contribution is 7.11. The zero-order valence-corrected chi connectivity index (χ0v) is 26.1. The van der Waals surface area contributed by atoms with Gasteiger partial charge in [-0.3, -0.25) is 24.4 Å². The molecule has 43 heavy (non-hydrogen) atoms. The number of piperazine rings is 1. The Hall–Kier alpha value is -3.39. The van der Waals surface area contributed by atoms with Crippen molar-refractivity contribution >= 4 is 47.1 Å². The van der Waals surface area contributed by atoms with E-state index in [9.17, 15) is 23.9 Å². The fourth-order valence-corrected chi connectivity index (χ4v) is 5.96. The fraction of sp³-hybridized carbons (Fsp3) is 0.483. The third kappa shape index (κ3) is 7.58. The number of amidine groups is 1. The number of aliphatic imine (C=N–C) groups is 1. The maximum atomic E-state index is 14.6. The second-order valence-corrected chi connectivity index (χ2v) is 12.5. The number of nitrogens with zero attached hydrogens (tertiary/aromatic N) is 5. The number of esters is 1. The number of halogens is 2. The Labute approximate surface area is 259 Å². The summed E-state index contributed by atoms with van der Waals surface area (Å²) in [5.74, 6) is -1.77. The van der Waals surface area contributed by atoms with E-state index in [1.54, 1.807) is 33.0 Å². The number of benzene rings is 1. The number of aromatic nitrogens is 1. The summed E-state index contributed by atoms with van der Waals surface area (Å²) >= 11 is 7.78. The largest absolute Gasteiger partial charge is 0.481 e. The molecule has 3 heterocycles. The number of thiazole rings is 1. The van der Waals surface area contributed by atoms with Crippen LogP contribution in [0.25, 0.3) is 0 Å². The fourth-order valence-electron chi connectivity index (χ4n) is 5.14. The molecule has 2 aliphatic heterocycles. The third-order valence-electron chi connectivity index (χ3n) is 7.55. The number of carbonyl (C=O) groups excluding carboxylic acids is 2. The molecule has 1 amide bonds. The average molecular weight is 635 g/mol. The van der Waals surface area contributed by atoms with Gasteiger partial charge in [-0.15, -0.1) is 11.3 Å². The second-order valence-electron chi connectivity index (χ2n) is 11.2. The minimum Gasteiger partial charge on any atom is -0.481 e. The Kier molecular flexibility index (Phi) is 10.5. The van der Waals surface area contributed by atoms with E-state index in [1.165, 1.54) is 28.4 Å². The highest BCUT2D eigenvalue weighted by atomic mass is 35.5. The highest BCUT2D eigenvalue weighted by Crippen LogP contribution is 2.37. The summed E-state index contributed by atoms with van der Waals surface area (Å²) in [5, 5.41) is 15.1. The first-order chi connectivity index (χ1) is 20.4. The lowest BCUT2D eigenvalue weighted by molar-refractivity contribution is -0.148. The maximum Gasteiger partial charge on any atom is 0.338 e. The minimum atomic E-state index is -1.10. The lowest BCUT2D eigenvalue weighted by atomic mass is 9.93. The molecular weight excluding hydrogens is 599 g/mol. The molecule has 1 aromatic carbocycles. The van der Waals surface area contributed by atoms with Crippen molar-refractivity contribution in [3.63, 3.8) is 0 Å². The zero-order valence-electron chi connectivity index (χ0n) is 24.5. The standard InChI is InChI=1S/C29H36ClFN6O5S/c1-5-42-27(39)22-21(15-36-11-10-35(4)18(13-36)14-37(17-38)16-29(2,3)28(40)41)33-25(26-32-9-12-43-26)34-24(22)19-7-6-8-20(31)23(19)30/h6-9,12,17-18,24H,5,10-11,13-16H2,1-4H3,(H,33,34)(H,40,41)/t18?,24-/m0/s1. The van der Waals surface area contributed by atoms with E-state index < -0.39 is 29.2 Å². The van der Waals surface area contributed by atoms with Crippen molar-refractivity contribution in [1.29, 1.82) is 0 Å². The van der Waals surface area contributed by atoms with Crippen LogP contribution in [0.4, 0.5) is 4.39 Å². The molecule has 232 valence electrons. The van der Waals surface area contributed by atoms with E-state index in [0.717, 1.165) is 0 Å². The van der Waals surface area contributed by atoms with Crippen molar-refractivity contribution in [3.05, 3.63) is 62.5 Å². The zero-order chi connectivity index (χ0) is 31.3. The van der Waals surface area contributed by atoms with Crippen LogP contribution in [0.1, 0.15) is 37.4 Å². The number of amides is 1. The van der Waals surface area contributed by atoms with Crippen molar-refractivity contribution in [3.8, 4) is 0 Å². The molecule has 0 saturated carbocycles. The molecule has 0 aliphatic carbocycles. The van der Waals surface area contributed by atoms with E-state index in [4.69, 9.17) is 21.3 Å². The van der Waals surface area contributed by atoms with Crippen LogP contribution in [-0.4, -0.2) is 108 Å². The molecule has 2 aromatic rings. The average Bonchev–Trinajstić information content (AvgIpc) is 3.51. The molecule has 2 atom stereocenters. The predicted molar refractivity (Wildman–Crippen MR) is 162 cm³/mol. The molecule has 0 radical (unpaired) electrons. The van der Waals surface area contributed by atoms with Crippen LogP contribution >= 0.6 is 22.9 Å². The number of hydrogen-bond donors (Lipinski definition) is 2. The number of carboxylic acid groups (broad SMARTS) is 1. The molecule has 1 saturated heterocycles. The lowest BCUT2D eigenvalue weighted by Crippen LogP contribution is -2.57. The Morgan fingerprint density at radius 3 is 2.77 bits per heavy atom. The van der Waals surface area contributed by atoms with Crippen molar-refractivity contribution in [2.45, 2.75) is 32.9 Å². The van der Waals surface area contributed by atoms with Crippen molar-refractivity contribution < 1.29 is 28.6 Å². The number of rotatable bonds is 12. The molecule has 0 bridgehead atoms. The Morgan fingerprint density at radius 1 is 1.35 bits per heavy atom. The SMILES string of the molecule is CCOC(=O)C1=C(CN2CCN(C)C(CN(C=O)CC(C)(C)C(=O)O)C2)NC(c2nccs2)=N[C@H]1c1cccc(F)c1Cl. The summed E-state index contributed by atoms with van der Waals surface area (Å²) < 4.78 is 20.0. The van der Waals surface area contributed by atoms with Gasteiger partial charge in [0.1, 0.15) is 11.9 Å². The molecule has 0 spiro atoms. The molecule has 1 fully saturated rings. The number of carboxylic acids is 1. The first kappa shape index (κ1) is 32.5. The summed E-state index contributed by atoms with van der Waals surface area (Å²) in [6.45, 7) is 7.58. The molecule has 14 heteroatoms. The van der Waals surface area contributed by atoms with Crippen LogP contribution in [-0.2, 0) is 19.1 Å². The van der Waals surface area contributed by atoms with Gasteiger partial charge in [-0.1, -0.05) is 23.7 Å². The van der Waals surface area contributed by atoms with E-state index in [0.29, 0.717) is 61.2 Å². The van der Waals surface area contributed by atoms with Crippen molar-refractivity contribution in [2.24, 2.45) is 10.4 Å². The van der Waals surface area contributed by atoms with Gasteiger partial charge in [0.2, 0.25) is 6.41 Å². The predicted octanol–water partition coefficient (Wildman–Crippen LogP) is 3.03. The van der Waals surface area contributed by atoms with Gasteiger partial charge >= 0.3 is 11.9 Å². The Balaban J connectivity index is 1.67. The normalized spacial score (nSPS) is 19.9. The molecule has 2 N–H and O–H groups in total. The quantitative estimate of drug-likeness (QED) is 0.268. The first-order valence-electron chi connectivity index (χ1n) is 13.9. The van der Waals surface area contributed by atoms with E-state index >= 15 is 0 Å². The van der Waals surface area contributed by atoms with Crippen LogP contribution in [0.5, 0.6) is 0 Å². The van der Waals surface area contributed by atoms with E-state index in [1.807, 2.05) is 12.4 Å². The maximum absolute atomic E-state index is 14.6. The Morgan fingerprint density at radius 2 is 2.12 bits per heavy atom. The highest BCUT2D eigenvalue weighted by Gasteiger charge is 2.37. The second kappa shape index (κ2) is 13.9. The number of carbonyl (C=O) groups is 3. The summed E-state index contributed by atoms with van der Waals surface area (Å²) in [6.07, 6.45) is 2.33. The van der Waals surface area contributed by atoms with E-state index in [2.05, 4.69) is 20.1 Å². The number of ether oxygens (including phenoxy) is 1. The van der Waals surface area contributed by atoms with Gasteiger partial charge in [0.05, 0.1) is 22.6 Å². The Bertz CT molecular complexity index is 1400. The number of aliphatic carboxylic acids is 1. The van der Waals surface area contributed by atoms with Gasteiger partial charge in [-0.2, -0.15) is 0 Å². The van der Waals surface area contributed by atoms with Crippen molar-refractivity contribution in [1.82, 2.24) is 25.0 Å². The molecule has 11 nitrogen and oxygen atoms in total. The minimum absolute atomic E-state index is 0.0690. The monoisotopic (exact) mass is 634 g/mol. The van der Waals surface area contributed by atoms with Crippen molar-refractivity contribution in [2.75, 3.05) is 52.9 Å². The molecular formula is C29H36ClFN6O5S. The van der Waals surface area contributed by atoms with Crippen LogP contribution in [0.2, 0.25) is 5.02 Å². The van der Waals surface area contributed by atoms with Gasteiger partial charge in [-0.05, 0) is 33.9 Å². The smallest absolute Gasteiger partial charge is 0.338 e. The third-order valence-corrected chi connectivity index (χ3v) is 8.73. The molecule has 2 aliphatic rings. The van der Waals surface area contributed by atoms with Crippen LogP contribution < -0.4 is 5.32 Å². The summed E-state index contributed by atoms with van der Waals surface area (Å²) in [7, 11) is 1.96. The van der Waals surface area contributed by atoms with Gasteiger partial charge in [-0.25, -0.2) is 14.2 Å². The topological polar surface area (TPSA) is 128 Å². The van der Waals surface area contributed by atoms with Crippen LogP contribution in [0, 0.1) is 11.2 Å². The van der Waals surface area contributed by atoms with Gasteiger partial charge in [0, 0.05) is 68.1 Å². The summed E-state index contributed by atoms with van der Waals surface area (Å²) in [6, 6.07) is 3.37. The lowest BCUT2D eigenvalue weighted by Gasteiger charge is -2.42. The van der Waals surface area contributed by atoms with Gasteiger partial charge in [0.15, 0.2) is 10.8 Å².